The Bertz CT molecular complexity index is 584. The largest absolute Gasteiger partial charge is 0.419 e. The molecule has 0 aliphatic heterocycles. The quantitative estimate of drug-likeness (QED) is 0.837. The highest BCUT2D eigenvalue weighted by atomic mass is 35.5. The molecule has 1 aromatic carbocycles. The summed E-state index contributed by atoms with van der Waals surface area (Å²) in [5, 5.41) is 0.611. The molecule has 0 saturated carbocycles. The molecule has 98 valence electrons. The van der Waals surface area contributed by atoms with Crippen molar-refractivity contribution in [2.75, 3.05) is 19.6 Å². The van der Waals surface area contributed by atoms with E-state index in [2.05, 4.69) is 18.7 Å². The first-order chi connectivity index (χ1) is 8.65. The molecule has 0 N–H and O–H groups in total. The lowest BCUT2D eigenvalue weighted by Gasteiger charge is -2.17. The molecule has 0 atom stereocenters. The van der Waals surface area contributed by atoms with Gasteiger partial charge < -0.3 is 9.32 Å². The predicted molar refractivity (Wildman–Crippen MR) is 73.3 cm³/mol. The summed E-state index contributed by atoms with van der Waals surface area (Å²) < 4.78 is 6.82. The third-order valence-corrected chi connectivity index (χ3v) is 3.40. The highest BCUT2D eigenvalue weighted by Gasteiger charge is 2.10. The van der Waals surface area contributed by atoms with E-state index >= 15 is 0 Å². The molecule has 18 heavy (non-hydrogen) atoms. The van der Waals surface area contributed by atoms with Crippen molar-refractivity contribution in [1.82, 2.24) is 9.47 Å². The van der Waals surface area contributed by atoms with Gasteiger partial charge in [-0.3, -0.25) is 4.57 Å². The number of hydrogen-bond acceptors (Lipinski definition) is 3. The minimum absolute atomic E-state index is 0.320. The zero-order chi connectivity index (χ0) is 13.1. The molecule has 0 radical (unpaired) electrons. The van der Waals surface area contributed by atoms with Crippen LogP contribution in [0.1, 0.15) is 13.8 Å². The average molecular weight is 269 g/mol. The summed E-state index contributed by atoms with van der Waals surface area (Å²) in [6, 6.07) is 5.22. The normalized spacial score (nSPS) is 11.6. The highest BCUT2D eigenvalue weighted by Crippen LogP contribution is 2.18. The molecule has 2 rings (SSSR count). The van der Waals surface area contributed by atoms with Crippen LogP contribution >= 0.6 is 11.6 Å². The predicted octanol–water partition coefficient (Wildman–Crippen LogP) is 2.59. The van der Waals surface area contributed by atoms with Gasteiger partial charge in [0.25, 0.3) is 0 Å². The summed E-state index contributed by atoms with van der Waals surface area (Å²) in [7, 11) is 0. The first-order valence-corrected chi connectivity index (χ1v) is 6.54. The number of oxazole rings is 1. The lowest BCUT2D eigenvalue weighted by atomic mass is 10.3. The van der Waals surface area contributed by atoms with E-state index in [0.29, 0.717) is 17.2 Å². The molecule has 5 heteroatoms. The van der Waals surface area contributed by atoms with Crippen molar-refractivity contribution in [3.63, 3.8) is 0 Å². The number of likely N-dealkylation sites (N-methyl/N-ethyl adjacent to an activating group) is 1. The molecular formula is C13H17ClN2O2. The van der Waals surface area contributed by atoms with Gasteiger partial charge in [-0.05, 0) is 31.3 Å². The average Bonchev–Trinajstić information content (AvgIpc) is 2.66. The summed E-state index contributed by atoms with van der Waals surface area (Å²) in [5.74, 6) is -0.320. The standard InChI is InChI=1S/C13H17ClN2O2/c1-3-15(4-2)7-8-16-11-9-10(14)5-6-12(11)18-13(16)17/h5-6,9H,3-4,7-8H2,1-2H3. The number of hydrogen-bond donors (Lipinski definition) is 0. The lowest BCUT2D eigenvalue weighted by Crippen LogP contribution is -2.29. The molecule has 1 aromatic heterocycles. The third kappa shape index (κ3) is 2.60. The minimum atomic E-state index is -0.320. The number of halogens is 1. The molecular weight excluding hydrogens is 252 g/mol. The van der Waals surface area contributed by atoms with Crippen LogP contribution in [0.2, 0.25) is 5.02 Å². The maximum Gasteiger partial charge on any atom is 0.419 e. The minimum Gasteiger partial charge on any atom is -0.408 e. The van der Waals surface area contributed by atoms with Crippen molar-refractivity contribution in [3.05, 3.63) is 33.8 Å². The van der Waals surface area contributed by atoms with Crippen LogP contribution in [-0.4, -0.2) is 29.1 Å². The van der Waals surface area contributed by atoms with E-state index in [-0.39, 0.29) is 5.76 Å². The summed E-state index contributed by atoms with van der Waals surface area (Å²) >= 11 is 5.95. The Balaban J connectivity index is 2.29. The van der Waals surface area contributed by atoms with Gasteiger partial charge in [-0.15, -0.1) is 0 Å². The van der Waals surface area contributed by atoms with Crippen LogP contribution in [0.5, 0.6) is 0 Å². The first-order valence-electron chi connectivity index (χ1n) is 6.17. The fourth-order valence-corrected chi connectivity index (χ4v) is 2.19. The van der Waals surface area contributed by atoms with Gasteiger partial charge >= 0.3 is 5.76 Å². The van der Waals surface area contributed by atoms with Gasteiger partial charge in [-0.1, -0.05) is 25.4 Å². The Labute approximate surface area is 111 Å². The Morgan fingerprint density at radius 1 is 1.33 bits per heavy atom. The van der Waals surface area contributed by atoms with Gasteiger partial charge in [0.2, 0.25) is 0 Å². The van der Waals surface area contributed by atoms with Gasteiger partial charge in [-0.2, -0.15) is 0 Å². The van der Waals surface area contributed by atoms with E-state index in [0.717, 1.165) is 25.2 Å². The zero-order valence-corrected chi connectivity index (χ0v) is 11.4. The first kappa shape index (κ1) is 13.2. The summed E-state index contributed by atoms with van der Waals surface area (Å²) in [6.07, 6.45) is 0. The Hall–Kier alpha value is -1.26. The molecule has 1 heterocycles. The number of aromatic nitrogens is 1. The van der Waals surface area contributed by atoms with E-state index in [1.165, 1.54) is 0 Å². The fraction of sp³-hybridized carbons (Fsp3) is 0.462. The molecule has 0 spiro atoms. The van der Waals surface area contributed by atoms with Crippen LogP contribution in [0.25, 0.3) is 11.1 Å². The van der Waals surface area contributed by atoms with Gasteiger partial charge in [0.05, 0.1) is 5.52 Å². The van der Waals surface area contributed by atoms with E-state index in [1.54, 1.807) is 22.8 Å². The van der Waals surface area contributed by atoms with Gasteiger partial charge in [0.15, 0.2) is 5.58 Å². The lowest BCUT2D eigenvalue weighted by molar-refractivity contribution is 0.287. The van der Waals surface area contributed by atoms with Gasteiger partial charge in [0.1, 0.15) is 0 Å². The van der Waals surface area contributed by atoms with Crippen LogP contribution in [-0.2, 0) is 6.54 Å². The van der Waals surface area contributed by atoms with Crippen molar-refractivity contribution in [2.45, 2.75) is 20.4 Å². The fourth-order valence-electron chi connectivity index (χ4n) is 2.03. The molecule has 0 aliphatic carbocycles. The SMILES string of the molecule is CCN(CC)CCn1c(=O)oc2ccc(Cl)cc21. The van der Waals surface area contributed by atoms with Gasteiger partial charge in [-0.25, -0.2) is 4.79 Å². The van der Waals surface area contributed by atoms with E-state index in [4.69, 9.17) is 16.0 Å². The second-order valence-electron chi connectivity index (χ2n) is 4.16. The van der Waals surface area contributed by atoms with Crippen molar-refractivity contribution in [1.29, 1.82) is 0 Å². The molecule has 0 saturated heterocycles. The van der Waals surface area contributed by atoms with Crippen LogP contribution in [0.3, 0.4) is 0 Å². The van der Waals surface area contributed by atoms with E-state index in [1.807, 2.05) is 0 Å². The summed E-state index contributed by atoms with van der Waals surface area (Å²) in [5.41, 5.74) is 1.35. The smallest absolute Gasteiger partial charge is 0.408 e. The van der Waals surface area contributed by atoms with Crippen molar-refractivity contribution in [2.24, 2.45) is 0 Å². The molecule has 0 fully saturated rings. The second-order valence-corrected chi connectivity index (χ2v) is 4.59. The highest BCUT2D eigenvalue weighted by molar-refractivity contribution is 6.31. The van der Waals surface area contributed by atoms with Crippen LogP contribution < -0.4 is 5.76 Å². The molecule has 0 aliphatic rings. The molecule has 0 amide bonds. The summed E-state index contributed by atoms with van der Waals surface area (Å²) in [4.78, 5) is 14.0. The van der Waals surface area contributed by atoms with Crippen LogP contribution in [0, 0.1) is 0 Å². The second kappa shape index (κ2) is 5.59. The maximum absolute atomic E-state index is 11.8. The van der Waals surface area contributed by atoms with Crippen LogP contribution in [0.15, 0.2) is 27.4 Å². The Morgan fingerprint density at radius 2 is 2.06 bits per heavy atom. The van der Waals surface area contributed by atoms with Crippen LogP contribution in [0.4, 0.5) is 0 Å². The number of nitrogens with zero attached hydrogens (tertiary/aromatic N) is 2. The Morgan fingerprint density at radius 3 is 2.72 bits per heavy atom. The topological polar surface area (TPSA) is 38.4 Å². The summed E-state index contributed by atoms with van der Waals surface area (Å²) in [6.45, 7) is 7.61. The monoisotopic (exact) mass is 268 g/mol. The number of rotatable bonds is 5. The molecule has 2 aromatic rings. The van der Waals surface area contributed by atoms with E-state index < -0.39 is 0 Å². The molecule has 4 nitrogen and oxygen atoms in total. The van der Waals surface area contributed by atoms with Crippen molar-refractivity contribution < 1.29 is 4.42 Å². The molecule has 0 bridgehead atoms. The van der Waals surface area contributed by atoms with Gasteiger partial charge in [0, 0.05) is 18.1 Å². The van der Waals surface area contributed by atoms with Crippen molar-refractivity contribution >= 4 is 22.7 Å². The maximum atomic E-state index is 11.8. The van der Waals surface area contributed by atoms with E-state index in [9.17, 15) is 4.79 Å². The Kier molecular flexibility index (Phi) is 4.09. The zero-order valence-electron chi connectivity index (χ0n) is 10.6. The number of benzene rings is 1. The number of fused-ring (bicyclic) bond motifs is 1. The third-order valence-electron chi connectivity index (χ3n) is 3.16. The molecule has 0 unspecified atom stereocenters. The van der Waals surface area contributed by atoms with Crippen molar-refractivity contribution in [3.8, 4) is 0 Å².